The maximum atomic E-state index is 12.9. The average Bonchev–Trinajstić information content (AvgIpc) is 2.68. The molecule has 0 saturated carbocycles. The number of anilines is 1. The third-order valence-electron chi connectivity index (χ3n) is 4.14. The largest absolute Gasteiger partial charge is 0.337 e. The summed E-state index contributed by atoms with van der Waals surface area (Å²) in [5, 5.41) is 0.442. The second-order valence-corrected chi connectivity index (χ2v) is 8.37. The quantitative estimate of drug-likeness (QED) is 0.649. The van der Waals surface area contributed by atoms with Gasteiger partial charge in [0.15, 0.2) is 0 Å². The highest BCUT2D eigenvalue weighted by atomic mass is 35.5. The first-order valence-electron chi connectivity index (χ1n) is 8.53. The number of halogens is 1. The van der Waals surface area contributed by atoms with Crippen LogP contribution in [0, 0.1) is 0 Å². The Morgan fingerprint density at radius 2 is 1.54 bits per heavy atom. The van der Waals surface area contributed by atoms with Crippen molar-refractivity contribution in [3.8, 4) is 0 Å². The molecule has 0 spiro atoms. The Kier molecular flexibility index (Phi) is 6.02. The van der Waals surface area contributed by atoms with Gasteiger partial charge in [-0.15, -0.1) is 0 Å². The normalized spacial score (nSPS) is 11.1. The minimum atomic E-state index is -3.85. The highest BCUT2D eigenvalue weighted by Crippen LogP contribution is 2.22. The topological polar surface area (TPSA) is 66.5 Å². The second kappa shape index (κ2) is 8.46. The summed E-state index contributed by atoms with van der Waals surface area (Å²) in [6.07, 6.45) is 0. The van der Waals surface area contributed by atoms with Gasteiger partial charge >= 0.3 is 0 Å². The first-order chi connectivity index (χ1) is 13.4. The molecule has 0 aromatic heterocycles. The van der Waals surface area contributed by atoms with Gasteiger partial charge in [-0.2, -0.15) is 0 Å². The molecule has 1 N–H and O–H groups in total. The van der Waals surface area contributed by atoms with Crippen LogP contribution in [0.4, 0.5) is 5.69 Å². The van der Waals surface area contributed by atoms with Gasteiger partial charge in [-0.3, -0.25) is 9.52 Å². The molecule has 0 bridgehead atoms. The Balaban J connectivity index is 1.84. The predicted molar refractivity (Wildman–Crippen MR) is 111 cm³/mol. The van der Waals surface area contributed by atoms with Crippen molar-refractivity contribution in [3.05, 3.63) is 95.0 Å². The molecule has 0 aliphatic rings. The smallest absolute Gasteiger partial charge is 0.261 e. The van der Waals surface area contributed by atoms with Crippen LogP contribution in [0.1, 0.15) is 15.9 Å². The van der Waals surface area contributed by atoms with Crippen molar-refractivity contribution in [2.45, 2.75) is 11.4 Å². The van der Waals surface area contributed by atoms with Crippen molar-refractivity contribution in [1.29, 1.82) is 0 Å². The number of carbonyl (C=O) groups excluding carboxylic acids is 1. The molecule has 0 fully saturated rings. The molecule has 3 aromatic rings. The lowest BCUT2D eigenvalue weighted by atomic mass is 10.1. The molecule has 0 radical (unpaired) electrons. The zero-order valence-corrected chi connectivity index (χ0v) is 16.7. The summed E-state index contributed by atoms with van der Waals surface area (Å²) in [5.74, 6) is -0.279. The van der Waals surface area contributed by atoms with Crippen molar-refractivity contribution in [3.63, 3.8) is 0 Å². The molecule has 3 aromatic carbocycles. The molecule has 0 aliphatic carbocycles. The van der Waals surface area contributed by atoms with Gasteiger partial charge in [-0.25, -0.2) is 8.42 Å². The summed E-state index contributed by atoms with van der Waals surface area (Å²) in [4.78, 5) is 14.5. The third kappa shape index (κ3) is 4.71. The van der Waals surface area contributed by atoms with Crippen molar-refractivity contribution in [2.24, 2.45) is 0 Å². The van der Waals surface area contributed by atoms with Crippen LogP contribution in [0.2, 0.25) is 5.02 Å². The number of hydrogen-bond donors (Lipinski definition) is 1. The van der Waals surface area contributed by atoms with Gasteiger partial charge in [0, 0.05) is 18.6 Å². The first-order valence-corrected chi connectivity index (χ1v) is 10.4. The van der Waals surface area contributed by atoms with Gasteiger partial charge in [0.2, 0.25) is 0 Å². The fraction of sp³-hybridized carbons (Fsp3) is 0.0952. The highest BCUT2D eigenvalue weighted by molar-refractivity contribution is 7.92. The van der Waals surface area contributed by atoms with Crippen LogP contribution in [-0.4, -0.2) is 26.3 Å². The van der Waals surface area contributed by atoms with Crippen molar-refractivity contribution in [2.75, 3.05) is 11.8 Å². The standard InChI is InChI=1S/C21H19ClN2O3S/c1-24(15-16-7-3-2-4-8-16)21(25)19-9-5-6-10-20(19)23-28(26,27)18-13-11-17(22)12-14-18/h2-14,23H,15H2,1H3. The summed E-state index contributed by atoms with van der Waals surface area (Å²) in [7, 11) is -2.17. The molecular formula is C21H19ClN2O3S. The van der Waals surface area contributed by atoms with Gasteiger partial charge in [0.1, 0.15) is 0 Å². The molecule has 0 unspecified atom stereocenters. The number of benzene rings is 3. The van der Waals surface area contributed by atoms with Gasteiger partial charge in [0.05, 0.1) is 16.1 Å². The Labute approximate surface area is 169 Å². The van der Waals surface area contributed by atoms with Crippen LogP contribution < -0.4 is 4.72 Å². The molecule has 5 nitrogen and oxygen atoms in total. The number of amides is 1. The van der Waals surface area contributed by atoms with Gasteiger partial charge in [-0.05, 0) is 42.0 Å². The number of sulfonamides is 1. The lowest BCUT2D eigenvalue weighted by molar-refractivity contribution is 0.0786. The van der Waals surface area contributed by atoms with E-state index in [9.17, 15) is 13.2 Å². The van der Waals surface area contributed by atoms with Crippen LogP contribution in [0.5, 0.6) is 0 Å². The van der Waals surface area contributed by atoms with E-state index in [-0.39, 0.29) is 22.1 Å². The van der Waals surface area contributed by atoms with E-state index in [1.807, 2.05) is 30.3 Å². The highest BCUT2D eigenvalue weighted by Gasteiger charge is 2.20. The summed E-state index contributed by atoms with van der Waals surface area (Å²) < 4.78 is 27.8. The van der Waals surface area contributed by atoms with Crippen molar-refractivity contribution >= 4 is 33.2 Å². The Hall–Kier alpha value is -2.83. The van der Waals surface area contributed by atoms with Crippen LogP contribution in [0.15, 0.2) is 83.8 Å². The molecule has 0 aliphatic heterocycles. The zero-order chi connectivity index (χ0) is 20.1. The molecule has 0 atom stereocenters. The number of rotatable bonds is 6. The summed E-state index contributed by atoms with van der Waals surface area (Å²) in [5.41, 5.74) is 1.48. The van der Waals surface area contributed by atoms with Gasteiger partial charge in [-0.1, -0.05) is 54.1 Å². The van der Waals surface area contributed by atoms with E-state index in [1.165, 1.54) is 24.3 Å². The monoisotopic (exact) mass is 414 g/mol. The SMILES string of the molecule is CN(Cc1ccccc1)C(=O)c1ccccc1NS(=O)(=O)c1ccc(Cl)cc1. The molecule has 28 heavy (non-hydrogen) atoms. The molecule has 0 heterocycles. The third-order valence-corrected chi connectivity index (χ3v) is 5.77. The second-order valence-electron chi connectivity index (χ2n) is 6.25. The maximum absolute atomic E-state index is 12.9. The molecule has 7 heteroatoms. The van der Waals surface area contributed by atoms with E-state index in [4.69, 9.17) is 11.6 Å². The molecule has 144 valence electrons. The number of para-hydroxylation sites is 1. The Morgan fingerprint density at radius 1 is 0.929 bits per heavy atom. The number of nitrogens with one attached hydrogen (secondary N) is 1. The van der Waals surface area contributed by atoms with Crippen LogP contribution >= 0.6 is 11.6 Å². The van der Waals surface area contributed by atoms with E-state index in [0.717, 1.165) is 5.56 Å². The molecule has 0 saturated heterocycles. The summed E-state index contributed by atoms with van der Waals surface area (Å²) in [6, 6.07) is 21.9. The van der Waals surface area contributed by atoms with Crippen molar-refractivity contribution < 1.29 is 13.2 Å². The number of carbonyl (C=O) groups is 1. The first kappa shape index (κ1) is 19.9. The molecular weight excluding hydrogens is 396 g/mol. The van der Waals surface area contributed by atoms with Crippen LogP contribution in [0.25, 0.3) is 0 Å². The van der Waals surface area contributed by atoms with E-state index in [2.05, 4.69) is 4.72 Å². The zero-order valence-electron chi connectivity index (χ0n) is 15.2. The van der Waals surface area contributed by atoms with Crippen LogP contribution in [-0.2, 0) is 16.6 Å². The predicted octanol–water partition coefficient (Wildman–Crippen LogP) is 4.41. The molecule has 3 rings (SSSR count). The van der Waals surface area contributed by atoms with E-state index < -0.39 is 10.0 Å². The fourth-order valence-electron chi connectivity index (χ4n) is 2.71. The molecule has 1 amide bonds. The Morgan fingerprint density at radius 3 is 2.21 bits per heavy atom. The summed E-state index contributed by atoms with van der Waals surface area (Å²) in [6.45, 7) is 0.415. The average molecular weight is 415 g/mol. The number of hydrogen-bond acceptors (Lipinski definition) is 3. The number of nitrogens with zero attached hydrogens (tertiary/aromatic N) is 1. The Bertz CT molecular complexity index is 1070. The van der Waals surface area contributed by atoms with Crippen LogP contribution in [0.3, 0.4) is 0 Å². The van der Waals surface area contributed by atoms with E-state index >= 15 is 0 Å². The lowest BCUT2D eigenvalue weighted by Gasteiger charge is -2.19. The van der Waals surface area contributed by atoms with E-state index in [1.54, 1.807) is 36.2 Å². The maximum Gasteiger partial charge on any atom is 0.261 e. The minimum absolute atomic E-state index is 0.0665. The van der Waals surface area contributed by atoms with Gasteiger partial charge < -0.3 is 4.90 Å². The van der Waals surface area contributed by atoms with E-state index in [0.29, 0.717) is 11.6 Å². The van der Waals surface area contributed by atoms with Gasteiger partial charge in [0.25, 0.3) is 15.9 Å². The fourth-order valence-corrected chi connectivity index (χ4v) is 3.92. The summed E-state index contributed by atoms with van der Waals surface area (Å²) >= 11 is 5.82. The minimum Gasteiger partial charge on any atom is -0.337 e. The lowest BCUT2D eigenvalue weighted by Crippen LogP contribution is -2.27. The van der Waals surface area contributed by atoms with Crippen molar-refractivity contribution in [1.82, 2.24) is 4.90 Å².